The molecule has 3 rings (SSSR count). The predicted octanol–water partition coefficient (Wildman–Crippen LogP) is 4.35. The molecule has 2 aromatic carbocycles. The van der Waals surface area contributed by atoms with Crippen molar-refractivity contribution in [3.63, 3.8) is 0 Å². The lowest BCUT2D eigenvalue weighted by atomic mass is 9.83. The summed E-state index contributed by atoms with van der Waals surface area (Å²) in [6.45, 7) is 7.72. The van der Waals surface area contributed by atoms with Crippen LogP contribution in [-0.2, 0) is 14.8 Å². The molecule has 1 aliphatic rings. The number of benzene rings is 2. The number of hydrogen-bond donors (Lipinski definition) is 1. The first-order valence-corrected chi connectivity index (χ1v) is 12.6. The molecule has 7 heteroatoms. The van der Waals surface area contributed by atoms with Crippen LogP contribution in [0.2, 0.25) is 0 Å². The molecule has 0 aliphatic carbocycles. The monoisotopic (exact) mass is 444 g/mol. The number of fused-ring (bicyclic) bond motifs is 1. The van der Waals surface area contributed by atoms with Gasteiger partial charge >= 0.3 is 0 Å². The standard InChI is InChI=1S/C24H32N2O4S/c1-6-24(7-2)16-21(20-10-8-9-11-22(20)30-24)25-23(27)18(4)26(31(5,28)29)19-14-12-17(3)13-15-19/h8-15,18,21H,6-7,16H2,1-5H3,(H,25,27)/t18-,21+/m0/s1. The molecular weight excluding hydrogens is 412 g/mol. The fourth-order valence-corrected chi connectivity index (χ4v) is 5.40. The van der Waals surface area contributed by atoms with Crippen LogP contribution in [-0.4, -0.2) is 32.2 Å². The highest BCUT2D eigenvalue weighted by atomic mass is 32.2. The van der Waals surface area contributed by atoms with E-state index in [0.29, 0.717) is 12.1 Å². The Labute approximate surface area is 185 Å². The minimum absolute atomic E-state index is 0.251. The number of ether oxygens (including phenoxy) is 1. The van der Waals surface area contributed by atoms with Crippen LogP contribution in [0.1, 0.15) is 57.2 Å². The first-order chi connectivity index (χ1) is 14.6. The van der Waals surface area contributed by atoms with E-state index < -0.39 is 16.1 Å². The highest BCUT2D eigenvalue weighted by molar-refractivity contribution is 7.92. The summed E-state index contributed by atoms with van der Waals surface area (Å²) in [5.74, 6) is 0.433. The molecule has 0 saturated carbocycles. The number of amides is 1. The maximum absolute atomic E-state index is 13.3. The molecule has 0 spiro atoms. The molecule has 1 N–H and O–H groups in total. The third-order valence-corrected chi connectivity index (χ3v) is 7.42. The van der Waals surface area contributed by atoms with Gasteiger partial charge < -0.3 is 10.1 Å². The van der Waals surface area contributed by atoms with Crippen LogP contribution < -0.4 is 14.4 Å². The van der Waals surface area contributed by atoms with E-state index in [9.17, 15) is 13.2 Å². The van der Waals surface area contributed by atoms with Gasteiger partial charge in [-0.2, -0.15) is 0 Å². The Bertz CT molecular complexity index is 1030. The highest BCUT2D eigenvalue weighted by Crippen LogP contribution is 2.42. The molecule has 2 aromatic rings. The molecule has 1 aliphatic heterocycles. The number of nitrogens with zero attached hydrogens (tertiary/aromatic N) is 1. The molecule has 0 bridgehead atoms. The van der Waals surface area contributed by atoms with Crippen LogP contribution in [0.25, 0.3) is 0 Å². The van der Waals surface area contributed by atoms with Crippen molar-refractivity contribution in [3.05, 3.63) is 59.7 Å². The molecule has 1 heterocycles. The SMILES string of the molecule is CCC1(CC)C[C@@H](NC(=O)[C@H](C)N(c2ccc(C)cc2)S(C)(=O)=O)c2ccccc2O1. The largest absolute Gasteiger partial charge is 0.487 e. The molecular formula is C24H32N2O4S. The van der Waals surface area contributed by atoms with Gasteiger partial charge in [0, 0.05) is 12.0 Å². The number of carbonyl (C=O) groups is 1. The number of hydrogen-bond acceptors (Lipinski definition) is 4. The zero-order valence-corrected chi connectivity index (χ0v) is 19.7. The molecule has 0 aromatic heterocycles. The summed E-state index contributed by atoms with van der Waals surface area (Å²) < 4.78 is 32.6. The van der Waals surface area contributed by atoms with Gasteiger partial charge in [-0.25, -0.2) is 8.42 Å². The van der Waals surface area contributed by atoms with Crippen LogP contribution in [0.4, 0.5) is 5.69 Å². The van der Waals surface area contributed by atoms with Crippen LogP contribution >= 0.6 is 0 Å². The average Bonchev–Trinajstić information content (AvgIpc) is 2.74. The van der Waals surface area contributed by atoms with Crippen molar-refractivity contribution in [1.29, 1.82) is 0 Å². The summed E-state index contributed by atoms with van der Waals surface area (Å²) in [6.07, 6.45) is 3.40. The Morgan fingerprint density at radius 1 is 1.16 bits per heavy atom. The summed E-state index contributed by atoms with van der Waals surface area (Å²) in [4.78, 5) is 13.3. The van der Waals surface area contributed by atoms with Crippen molar-refractivity contribution < 1.29 is 17.9 Å². The maximum atomic E-state index is 13.3. The Hall–Kier alpha value is -2.54. The zero-order chi connectivity index (χ0) is 22.8. The lowest BCUT2D eigenvalue weighted by Crippen LogP contribution is -2.51. The Morgan fingerprint density at radius 3 is 2.35 bits per heavy atom. The number of nitrogens with one attached hydrogen (secondary N) is 1. The molecule has 0 fully saturated rings. The van der Waals surface area contributed by atoms with Crippen molar-refractivity contribution in [1.82, 2.24) is 5.32 Å². The Kier molecular flexibility index (Phi) is 6.65. The van der Waals surface area contributed by atoms with E-state index in [1.807, 2.05) is 43.3 Å². The predicted molar refractivity (Wildman–Crippen MR) is 124 cm³/mol. The van der Waals surface area contributed by atoms with Gasteiger partial charge in [-0.05, 0) is 44.9 Å². The Morgan fingerprint density at radius 2 is 1.77 bits per heavy atom. The van der Waals surface area contributed by atoms with Crippen LogP contribution in [0.15, 0.2) is 48.5 Å². The van der Waals surface area contributed by atoms with Gasteiger partial charge in [-0.3, -0.25) is 9.10 Å². The van der Waals surface area contributed by atoms with E-state index in [0.717, 1.165) is 36.0 Å². The molecule has 0 radical (unpaired) electrons. The summed E-state index contributed by atoms with van der Waals surface area (Å²) in [7, 11) is -3.66. The first-order valence-electron chi connectivity index (χ1n) is 10.7. The van der Waals surface area contributed by atoms with Gasteiger partial charge in [-0.1, -0.05) is 49.7 Å². The molecule has 0 unspecified atom stereocenters. The van der Waals surface area contributed by atoms with Gasteiger partial charge in [-0.15, -0.1) is 0 Å². The molecule has 1 amide bonds. The molecule has 168 valence electrons. The molecule has 31 heavy (non-hydrogen) atoms. The second-order valence-electron chi connectivity index (χ2n) is 8.37. The van der Waals surface area contributed by atoms with E-state index in [1.165, 1.54) is 4.31 Å². The lowest BCUT2D eigenvalue weighted by molar-refractivity contribution is -0.123. The van der Waals surface area contributed by atoms with Crippen LogP contribution in [0.5, 0.6) is 5.75 Å². The minimum Gasteiger partial charge on any atom is -0.487 e. The second kappa shape index (κ2) is 8.91. The summed E-state index contributed by atoms with van der Waals surface area (Å²) in [5, 5.41) is 3.11. The van der Waals surface area contributed by atoms with Crippen LogP contribution in [0.3, 0.4) is 0 Å². The van der Waals surface area contributed by atoms with Crippen molar-refractivity contribution in [3.8, 4) is 5.75 Å². The molecule has 6 nitrogen and oxygen atoms in total. The third kappa shape index (κ3) is 4.87. The quantitative estimate of drug-likeness (QED) is 0.689. The third-order valence-electron chi connectivity index (χ3n) is 6.18. The maximum Gasteiger partial charge on any atom is 0.244 e. The lowest BCUT2D eigenvalue weighted by Gasteiger charge is -2.42. The Balaban J connectivity index is 1.90. The first kappa shape index (κ1) is 23.1. The zero-order valence-electron chi connectivity index (χ0n) is 18.9. The fourth-order valence-electron chi connectivity index (χ4n) is 4.22. The van der Waals surface area contributed by atoms with Crippen LogP contribution in [0, 0.1) is 6.92 Å². The van der Waals surface area contributed by atoms with Gasteiger partial charge in [0.15, 0.2) is 0 Å². The van der Waals surface area contributed by atoms with Gasteiger partial charge in [0.1, 0.15) is 17.4 Å². The minimum atomic E-state index is -3.66. The van der Waals surface area contributed by atoms with E-state index in [4.69, 9.17) is 4.74 Å². The van der Waals surface area contributed by atoms with Crippen molar-refractivity contribution in [2.75, 3.05) is 10.6 Å². The van der Waals surface area contributed by atoms with E-state index in [1.54, 1.807) is 19.1 Å². The molecule has 2 atom stereocenters. The number of para-hydroxylation sites is 1. The number of rotatable bonds is 7. The second-order valence-corrected chi connectivity index (χ2v) is 10.2. The number of carbonyl (C=O) groups excluding carboxylic acids is 1. The van der Waals surface area contributed by atoms with E-state index in [-0.39, 0.29) is 17.6 Å². The van der Waals surface area contributed by atoms with Gasteiger partial charge in [0.05, 0.1) is 18.0 Å². The summed E-state index contributed by atoms with van der Waals surface area (Å²) in [6, 6.07) is 13.7. The van der Waals surface area contributed by atoms with Crippen molar-refractivity contribution in [2.24, 2.45) is 0 Å². The van der Waals surface area contributed by atoms with Crippen molar-refractivity contribution in [2.45, 2.75) is 64.6 Å². The highest BCUT2D eigenvalue weighted by Gasteiger charge is 2.40. The topological polar surface area (TPSA) is 75.7 Å². The van der Waals surface area contributed by atoms with Gasteiger partial charge in [0.2, 0.25) is 15.9 Å². The number of sulfonamides is 1. The smallest absolute Gasteiger partial charge is 0.244 e. The summed E-state index contributed by atoms with van der Waals surface area (Å²) >= 11 is 0. The fraction of sp³-hybridized carbons (Fsp3) is 0.458. The number of anilines is 1. The van der Waals surface area contributed by atoms with Crippen molar-refractivity contribution >= 4 is 21.6 Å². The molecule has 0 saturated heterocycles. The van der Waals surface area contributed by atoms with E-state index in [2.05, 4.69) is 19.2 Å². The van der Waals surface area contributed by atoms with Gasteiger partial charge in [0.25, 0.3) is 0 Å². The normalized spacial score (nSPS) is 18.4. The van der Waals surface area contributed by atoms with E-state index >= 15 is 0 Å². The average molecular weight is 445 g/mol. The number of aryl methyl sites for hydroxylation is 1. The summed E-state index contributed by atoms with van der Waals surface area (Å²) in [5.41, 5.74) is 2.05.